The SMILES string of the molecule is CCc1cc(NC(C)[C@H]2CC[C@H](N(C)C)CC2)c(C)c(C(=O)NCc2c(C)cc(C)[nH]c2=O)c1. The second-order valence-electron chi connectivity index (χ2n) is 10.3. The number of H-pyrrole nitrogens is 1. The van der Waals surface area contributed by atoms with E-state index in [1.54, 1.807) is 0 Å². The maximum absolute atomic E-state index is 13.2. The highest BCUT2D eigenvalue weighted by Gasteiger charge is 2.27. The summed E-state index contributed by atoms with van der Waals surface area (Å²) in [5, 5.41) is 6.72. The Hall–Kier alpha value is -2.60. The topological polar surface area (TPSA) is 77.2 Å². The molecule has 3 rings (SSSR count). The molecular weight excluding hydrogens is 424 g/mol. The third-order valence-electron chi connectivity index (χ3n) is 7.60. The molecule has 1 atom stereocenters. The molecule has 6 nitrogen and oxygen atoms in total. The fourth-order valence-electron chi connectivity index (χ4n) is 5.21. The number of aryl methyl sites for hydroxylation is 3. The second kappa shape index (κ2) is 11.2. The van der Waals surface area contributed by atoms with E-state index in [1.807, 2.05) is 32.9 Å². The molecule has 6 heteroatoms. The van der Waals surface area contributed by atoms with Crippen LogP contribution in [0.25, 0.3) is 0 Å². The Kier molecular flexibility index (Phi) is 8.58. The molecule has 1 saturated carbocycles. The van der Waals surface area contributed by atoms with Gasteiger partial charge in [0.25, 0.3) is 11.5 Å². The van der Waals surface area contributed by atoms with E-state index in [4.69, 9.17) is 0 Å². The molecule has 0 saturated heterocycles. The fourth-order valence-corrected chi connectivity index (χ4v) is 5.21. The van der Waals surface area contributed by atoms with Crippen LogP contribution in [0.4, 0.5) is 5.69 Å². The zero-order chi connectivity index (χ0) is 25.0. The molecule has 186 valence electrons. The van der Waals surface area contributed by atoms with Gasteiger partial charge in [0.05, 0.1) is 0 Å². The summed E-state index contributed by atoms with van der Waals surface area (Å²) >= 11 is 0. The van der Waals surface area contributed by atoms with Crippen molar-refractivity contribution in [1.82, 2.24) is 15.2 Å². The monoisotopic (exact) mass is 466 g/mol. The standard InChI is InChI=1S/C28H42N4O2/c1-8-21-14-24(27(33)29-16-25-17(2)13-18(3)30-28(25)34)19(4)26(15-21)31-20(5)22-9-11-23(12-10-22)32(6)7/h13-15,20,22-23,31H,8-12,16H2,1-7H3,(H,29,33)(H,30,34)/t20?,22-,23-. The van der Waals surface area contributed by atoms with E-state index in [2.05, 4.69) is 54.5 Å². The van der Waals surface area contributed by atoms with Crippen LogP contribution in [-0.4, -0.2) is 42.0 Å². The van der Waals surface area contributed by atoms with E-state index < -0.39 is 0 Å². The lowest BCUT2D eigenvalue weighted by Crippen LogP contribution is -2.36. The molecule has 3 N–H and O–H groups in total. The molecule has 1 unspecified atom stereocenters. The molecule has 34 heavy (non-hydrogen) atoms. The van der Waals surface area contributed by atoms with Crippen molar-refractivity contribution in [2.45, 2.75) is 85.4 Å². The van der Waals surface area contributed by atoms with Gasteiger partial charge in [-0.2, -0.15) is 0 Å². The summed E-state index contributed by atoms with van der Waals surface area (Å²) in [6, 6.07) is 7.13. The van der Waals surface area contributed by atoms with Gasteiger partial charge in [0.15, 0.2) is 0 Å². The number of pyridine rings is 1. The molecular formula is C28H42N4O2. The van der Waals surface area contributed by atoms with Gasteiger partial charge in [0.2, 0.25) is 0 Å². The first-order valence-corrected chi connectivity index (χ1v) is 12.6. The van der Waals surface area contributed by atoms with Crippen LogP contribution in [-0.2, 0) is 13.0 Å². The predicted octanol–water partition coefficient (Wildman–Crippen LogP) is 4.71. The number of nitrogens with zero attached hydrogens (tertiary/aromatic N) is 1. The molecule has 1 amide bonds. The Morgan fingerprint density at radius 2 is 1.79 bits per heavy atom. The number of carbonyl (C=O) groups is 1. The molecule has 1 aliphatic carbocycles. The molecule has 0 bridgehead atoms. The van der Waals surface area contributed by atoms with Gasteiger partial charge in [-0.05, 0) is 115 Å². The van der Waals surface area contributed by atoms with E-state index in [0.717, 1.165) is 34.5 Å². The van der Waals surface area contributed by atoms with Gasteiger partial charge in [0.1, 0.15) is 0 Å². The summed E-state index contributed by atoms with van der Waals surface area (Å²) in [7, 11) is 4.35. The minimum Gasteiger partial charge on any atom is -0.382 e. The van der Waals surface area contributed by atoms with E-state index in [1.165, 1.54) is 25.7 Å². The molecule has 1 heterocycles. The molecule has 1 aliphatic rings. The first-order chi connectivity index (χ1) is 16.1. The van der Waals surface area contributed by atoms with Crippen LogP contribution in [0.3, 0.4) is 0 Å². The largest absolute Gasteiger partial charge is 0.382 e. The molecule has 0 radical (unpaired) electrons. The van der Waals surface area contributed by atoms with Gasteiger partial charge in [-0.25, -0.2) is 0 Å². The average molecular weight is 467 g/mol. The maximum Gasteiger partial charge on any atom is 0.253 e. The Morgan fingerprint density at radius 1 is 1.12 bits per heavy atom. The lowest BCUT2D eigenvalue weighted by molar-refractivity contribution is 0.0950. The lowest BCUT2D eigenvalue weighted by atomic mass is 9.81. The van der Waals surface area contributed by atoms with Crippen molar-refractivity contribution < 1.29 is 4.79 Å². The minimum atomic E-state index is -0.144. The Labute approximate surface area is 204 Å². The third kappa shape index (κ3) is 6.09. The first-order valence-electron chi connectivity index (χ1n) is 12.6. The summed E-state index contributed by atoms with van der Waals surface area (Å²) in [5.41, 5.74) is 5.97. The number of hydrogen-bond donors (Lipinski definition) is 3. The first kappa shape index (κ1) is 26.0. The van der Waals surface area contributed by atoms with Gasteiger partial charge in [-0.15, -0.1) is 0 Å². The van der Waals surface area contributed by atoms with Crippen LogP contribution < -0.4 is 16.2 Å². The van der Waals surface area contributed by atoms with Crippen LogP contribution in [0.1, 0.15) is 77.8 Å². The van der Waals surface area contributed by atoms with Crippen molar-refractivity contribution in [3.05, 3.63) is 62.1 Å². The Balaban J connectivity index is 1.74. The summed E-state index contributed by atoms with van der Waals surface area (Å²) in [6.07, 6.45) is 5.78. The number of benzene rings is 1. The van der Waals surface area contributed by atoms with Gasteiger partial charge in [-0.3, -0.25) is 9.59 Å². The van der Waals surface area contributed by atoms with Gasteiger partial charge < -0.3 is 20.5 Å². The summed E-state index contributed by atoms with van der Waals surface area (Å²) in [5.74, 6) is 0.490. The average Bonchev–Trinajstić information content (AvgIpc) is 2.79. The summed E-state index contributed by atoms with van der Waals surface area (Å²) in [6.45, 7) is 10.4. The molecule has 1 fully saturated rings. The van der Waals surface area contributed by atoms with E-state index in [-0.39, 0.29) is 18.0 Å². The predicted molar refractivity (Wildman–Crippen MR) is 141 cm³/mol. The number of anilines is 1. The summed E-state index contributed by atoms with van der Waals surface area (Å²) < 4.78 is 0. The lowest BCUT2D eigenvalue weighted by Gasteiger charge is -2.36. The smallest absolute Gasteiger partial charge is 0.253 e. The van der Waals surface area contributed by atoms with Crippen molar-refractivity contribution in [3.63, 3.8) is 0 Å². The Morgan fingerprint density at radius 3 is 2.38 bits per heavy atom. The van der Waals surface area contributed by atoms with Crippen LogP contribution in [0.2, 0.25) is 0 Å². The molecule has 0 spiro atoms. The number of hydrogen-bond acceptors (Lipinski definition) is 4. The number of nitrogens with one attached hydrogen (secondary N) is 3. The second-order valence-corrected chi connectivity index (χ2v) is 10.3. The highest BCUT2D eigenvalue weighted by Crippen LogP contribution is 2.31. The minimum absolute atomic E-state index is 0.142. The molecule has 1 aromatic heterocycles. The van der Waals surface area contributed by atoms with Gasteiger partial charge in [-0.1, -0.05) is 6.92 Å². The van der Waals surface area contributed by atoms with Crippen LogP contribution in [0.15, 0.2) is 23.0 Å². The molecule has 0 aliphatic heterocycles. The highest BCUT2D eigenvalue weighted by molar-refractivity contribution is 5.97. The zero-order valence-electron chi connectivity index (χ0n) is 22.0. The number of aromatic amines is 1. The molecule has 2 aromatic rings. The van der Waals surface area contributed by atoms with E-state index in [0.29, 0.717) is 29.1 Å². The highest BCUT2D eigenvalue weighted by atomic mass is 16.1. The van der Waals surface area contributed by atoms with Crippen molar-refractivity contribution in [2.24, 2.45) is 5.92 Å². The maximum atomic E-state index is 13.2. The van der Waals surface area contributed by atoms with Crippen LogP contribution in [0, 0.1) is 26.7 Å². The summed E-state index contributed by atoms with van der Waals surface area (Å²) in [4.78, 5) is 30.7. The van der Waals surface area contributed by atoms with Crippen molar-refractivity contribution >= 4 is 11.6 Å². The van der Waals surface area contributed by atoms with Crippen molar-refractivity contribution in [1.29, 1.82) is 0 Å². The number of amides is 1. The third-order valence-corrected chi connectivity index (χ3v) is 7.60. The van der Waals surface area contributed by atoms with Crippen LogP contribution in [0.5, 0.6) is 0 Å². The Bertz CT molecular complexity index is 1060. The zero-order valence-corrected chi connectivity index (χ0v) is 22.0. The molecule has 1 aromatic carbocycles. The normalized spacial score (nSPS) is 19.2. The van der Waals surface area contributed by atoms with Crippen molar-refractivity contribution in [2.75, 3.05) is 19.4 Å². The van der Waals surface area contributed by atoms with E-state index >= 15 is 0 Å². The fraction of sp³-hybridized carbons (Fsp3) is 0.571. The van der Waals surface area contributed by atoms with Crippen molar-refractivity contribution in [3.8, 4) is 0 Å². The number of rotatable bonds is 8. The number of carbonyl (C=O) groups excluding carboxylic acids is 1. The van der Waals surface area contributed by atoms with E-state index in [9.17, 15) is 9.59 Å². The number of aromatic nitrogens is 1. The quantitative estimate of drug-likeness (QED) is 0.526. The van der Waals surface area contributed by atoms with Gasteiger partial charge >= 0.3 is 0 Å². The van der Waals surface area contributed by atoms with Gasteiger partial charge in [0, 0.05) is 41.1 Å². The van der Waals surface area contributed by atoms with Crippen LogP contribution >= 0.6 is 0 Å².